The molecule has 0 aromatic heterocycles. The van der Waals surface area contributed by atoms with Crippen LogP contribution in [-0.4, -0.2) is 42.5 Å². The maximum atomic E-state index is 11.3. The molecule has 0 bridgehead atoms. The zero-order valence-corrected chi connectivity index (χ0v) is 12.4. The molecule has 0 aliphatic carbocycles. The molecule has 0 unspecified atom stereocenters. The van der Waals surface area contributed by atoms with Crippen LogP contribution in [0.2, 0.25) is 0 Å². The molecule has 5 heteroatoms. The van der Waals surface area contributed by atoms with Crippen molar-refractivity contribution in [1.82, 2.24) is 0 Å². The van der Waals surface area contributed by atoms with Crippen LogP contribution in [0.25, 0.3) is 10.8 Å². The molecule has 2 aromatic rings. The number of carbonyl (C=O) groups is 2. The minimum absolute atomic E-state index is 0.265. The van der Waals surface area contributed by atoms with Crippen molar-refractivity contribution in [3.63, 3.8) is 0 Å². The average molecular weight is 281 g/mol. The Morgan fingerprint density at radius 3 is 2.45 bits per heavy atom. The lowest BCUT2D eigenvalue weighted by Gasteiger charge is -2.09. The number of hydrogen-bond acceptors (Lipinski definition) is 2. The molecule has 0 fully saturated rings. The number of aliphatic carboxylic acids is 1. The van der Waals surface area contributed by atoms with Crippen LogP contribution in [0.5, 0.6) is 0 Å². The van der Waals surface area contributed by atoms with Crippen molar-refractivity contribution in [2.45, 2.75) is 6.92 Å². The van der Waals surface area contributed by atoms with Gasteiger partial charge in [-0.2, -0.15) is 4.21 Å². The van der Waals surface area contributed by atoms with Crippen LogP contribution in [0.1, 0.15) is 17.3 Å². The SMILES string of the molecule is CC(=[CH][Mg][c]1c(C(=O)O)ccc2ccccc12)C(=O)O. The number of hydrogen-bond donors (Lipinski definition) is 2. The molecule has 98 valence electrons. The first-order chi connectivity index (χ1) is 9.50. The van der Waals surface area contributed by atoms with Crippen LogP contribution in [0.15, 0.2) is 46.2 Å². The van der Waals surface area contributed by atoms with Crippen LogP contribution in [0.3, 0.4) is 0 Å². The Balaban J connectivity index is 2.58. The molecule has 0 aliphatic rings. The molecule has 0 spiro atoms. The summed E-state index contributed by atoms with van der Waals surface area (Å²) in [6, 6.07) is 10.9. The van der Waals surface area contributed by atoms with Crippen LogP contribution < -0.4 is 3.69 Å². The topological polar surface area (TPSA) is 74.6 Å². The standard InChI is InChI=1S/C11H7O2.C4H5O2.Mg/c12-11(13)10-6-5-8-3-1-2-4-9(8)7-10;1-3(2)4(5)6;/h1-6H,(H,12,13);1H,2H3,(H,5,6);. The smallest absolute Gasteiger partial charge is 0.442 e. The Bertz CT molecular complexity index is 719. The summed E-state index contributed by atoms with van der Waals surface area (Å²) in [5, 5.41) is 20.0. The molecule has 0 atom stereocenters. The van der Waals surface area contributed by atoms with Crippen molar-refractivity contribution in [3.05, 3.63) is 51.7 Å². The van der Waals surface area contributed by atoms with Crippen molar-refractivity contribution < 1.29 is 19.8 Å². The Hall–Kier alpha value is -1.85. The first-order valence-corrected chi connectivity index (χ1v) is 7.67. The molecule has 0 saturated heterocycles. The van der Waals surface area contributed by atoms with Crippen LogP contribution >= 0.6 is 0 Å². The summed E-state index contributed by atoms with van der Waals surface area (Å²) >= 11 is -1.12. The van der Waals surface area contributed by atoms with Gasteiger partial charge in [-0.15, -0.1) is 3.69 Å². The van der Waals surface area contributed by atoms with Gasteiger partial charge in [-0.05, 0) is 23.8 Å². The highest BCUT2D eigenvalue weighted by Crippen LogP contribution is 2.14. The predicted molar refractivity (Wildman–Crippen MR) is 77.7 cm³/mol. The molecular formula is C15H12MgO4. The lowest BCUT2D eigenvalue weighted by atomic mass is 10.1. The average Bonchev–Trinajstić information content (AvgIpc) is 2.43. The van der Waals surface area contributed by atoms with Gasteiger partial charge < -0.3 is 10.2 Å². The fourth-order valence-corrected chi connectivity index (χ4v) is 3.81. The first-order valence-electron chi connectivity index (χ1n) is 6.14. The van der Waals surface area contributed by atoms with E-state index in [0.717, 1.165) is 14.5 Å². The molecule has 2 aromatic carbocycles. The molecule has 2 N–H and O–H groups in total. The molecule has 0 aliphatic heterocycles. The monoisotopic (exact) mass is 280 g/mol. The first kappa shape index (κ1) is 14.6. The number of aromatic carboxylic acids is 1. The Morgan fingerprint density at radius 2 is 1.80 bits per heavy atom. The number of benzene rings is 2. The summed E-state index contributed by atoms with van der Waals surface area (Å²) in [7, 11) is 0. The summed E-state index contributed by atoms with van der Waals surface area (Å²) in [6.07, 6.45) is 0. The largest absolute Gasteiger partial charge is 0.478 e. The van der Waals surface area contributed by atoms with E-state index in [1.807, 2.05) is 24.3 Å². The van der Waals surface area contributed by atoms with Gasteiger partial charge in [0, 0.05) is 11.1 Å². The third-order valence-electron chi connectivity index (χ3n) is 3.22. The zero-order valence-electron chi connectivity index (χ0n) is 11.0. The van der Waals surface area contributed by atoms with Gasteiger partial charge in [0.05, 0.1) is 0 Å². The number of fused-ring (bicyclic) bond motifs is 1. The zero-order chi connectivity index (χ0) is 14.7. The molecule has 20 heavy (non-hydrogen) atoms. The molecule has 0 heterocycles. The van der Waals surface area contributed by atoms with Gasteiger partial charge in [-0.1, -0.05) is 30.3 Å². The maximum absolute atomic E-state index is 11.3. The van der Waals surface area contributed by atoms with Crippen molar-refractivity contribution in [3.8, 4) is 0 Å². The highest BCUT2D eigenvalue weighted by atomic mass is 24.5. The summed E-state index contributed by atoms with van der Waals surface area (Å²) in [5.74, 6) is -1.94. The van der Waals surface area contributed by atoms with Gasteiger partial charge >= 0.3 is 32.3 Å². The van der Waals surface area contributed by atoms with E-state index in [4.69, 9.17) is 5.11 Å². The Kier molecular flexibility index (Phi) is 4.41. The number of carboxylic acids is 2. The van der Waals surface area contributed by atoms with Crippen LogP contribution in [-0.2, 0) is 4.79 Å². The van der Waals surface area contributed by atoms with E-state index in [1.54, 1.807) is 16.3 Å². The van der Waals surface area contributed by atoms with Crippen molar-refractivity contribution >= 4 is 46.8 Å². The van der Waals surface area contributed by atoms with E-state index in [1.165, 1.54) is 6.92 Å². The van der Waals surface area contributed by atoms with E-state index in [-0.39, 0.29) is 11.1 Å². The normalized spacial score (nSPS) is 11.2. The molecule has 0 amide bonds. The summed E-state index contributed by atoms with van der Waals surface area (Å²) in [5.41, 5.74) is 0.533. The lowest BCUT2D eigenvalue weighted by molar-refractivity contribution is -0.132. The van der Waals surface area contributed by atoms with Gasteiger partial charge in [-0.25, -0.2) is 9.59 Å². The summed E-state index contributed by atoms with van der Waals surface area (Å²) < 4.78 is 2.45. The van der Waals surface area contributed by atoms with Crippen molar-refractivity contribution in [1.29, 1.82) is 0 Å². The van der Waals surface area contributed by atoms with E-state index in [0.29, 0.717) is 0 Å². The third kappa shape index (κ3) is 3.00. The second-order valence-corrected chi connectivity index (χ2v) is 6.04. The minimum atomic E-state index is -1.12. The highest BCUT2D eigenvalue weighted by molar-refractivity contribution is 6.63. The molecule has 0 saturated carbocycles. The van der Waals surface area contributed by atoms with Gasteiger partial charge in [0.15, 0.2) is 0 Å². The van der Waals surface area contributed by atoms with Crippen molar-refractivity contribution in [2.24, 2.45) is 0 Å². The minimum Gasteiger partial charge on any atom is -0.478 e. The molecule has 4 nitrogen and oxygen atoms in total. The van der Waals surface area contributed by atoms with E-state index >= 15 is 0 Å². The van der Waals surface area contributed by atoms with Crippen molar-refractivity contribution in [2.75, 3.05) is 0 Å². The lowest BCUT2D eigenvalue weighted by Crippen LogP contribution is -2.23. The Morgan fingerprint density at radius 1 is 1.10 bits per heavy atom. The second-order valence-electron chi connectivity index (χ2n) is 4.51. The van der Waals surface area contributed by atoms with Gasteiger partial charge in [0.25, 0.3) is 0 Å². The summed E-state index contributed by atoms with van der Waals surface area (Å²) in [4.78, 5) is 22.2. The van der Waals surface area contributed by atoms with Gasteiger partial charge in [0.1, 0.15) is 0 Å². The van der Waals surface area contributed by atoms with Gasteiger partial charge in [0.2, 0.25) is 0 Å². The van der Waals surface area contributed by atoms with Gasteiger partial charge in [-0.3, -0.25) is 0 Å². The van der Waals surface area contributed by atoms with E-state index < -0.39 is 32.3 Å². The van der Waals surface area contributed by atoms with E-state index in [9.17, 15) is 14.7 Å². The van der Waals surface area contributed by atoms with Crippen LogP contribution in [0.4, 0.5) is 0 Å². The highest BCUT2D eigenvalue weighted by Gasteiger charge is 2.14. The number of rotatable bonds is 4. The Labute approximate surface area is 125 Å². The van der Waals surface area contributed by atoms with E-state index in [2.05, 4.69) is 0 Å². The second kappa shape index (κ2) is 6.07. The predicted octanol–water partition coefficient (Wildman–Crippen LogP) is 1.86. The third-order valence-corrected chi connectivity index (χ3v) is 5.21. The molecular weight excluding hydrogens is 268 g/mol. The quantitative estimate of drug-likeness (QED) is 0.662. The fourth-order valence-electron chi connectivity index (χ4n) is 2.10. The van der Waals surface area contributed by atoms with Crippen LogP contribution in [0, 0.1) is 0 Å². The fraction of sp³-hybridized carbons (Fsp3) is 0.0667. The maximum Gasteiger partial charge on any atom is 0.442 e. The number of carboxylic acid groups (broad SMARTS) is 2. The molecule has 0 radical (unpaired) electrons. The summed E-state index contributed by atoms with van der Waals surface area (Å²) in [6.45, 7) is 1.53. The molecule has 2 rings (SSSR count).